The van der Waals surface area contributed by atoms with E-state index in [1.807, 2.05) is 0 Å². The van der Waals surface area contributed by atoms with Crippen LogP contribution in [0.5, 0.6) is 0 Å². The minimum atomic E-state index is -3.82. The topological polar surface area (TPSA) is 111 Å². The molecule has 0 atom stereocenters. The summed E-state index contributed by atoms with van der Waals surface area (Å²) in [7, 11) is -0.534. The van der Waals surface area contributed by atoms with Crippen LogP contribution in [0.1, 0.15) is 25.7 Å². The van der Waals surface area contributed by atoms with Gasteiger partial charge in [-0.1, -0.05) is 0 Å². The molecule has 1 amide bonds. The average molecular weight is 327 g/mol. The van der Waals surface area contributed by atoms with Crippen LogP contribution in [-0.2, 0) is 19.6 Å². The highest BCUT2D eigenvalue weighted by Crippen LogP contribution is 2.38. The first-order chi connectivity index (χ1) is 10.3. The normalized spacial score (nSPS) is 16.7. The molecule has 1 fully saturated rings. The van der Waals surface area contributed by atoms with E-state index in [0.29, 0.717) is 11.4 Å². The minimum Gasteiger partial charge on any atom is -0.386 e. The monoisotopic (exact) mass is 327 g/mol. The van der Waals surface area contributed by atoms with Crippen molar-refractivity contribution >= 4 is 27.3 Å². The fraction of sp³-hybridized carbons (Fsp3) is 0.500. The summed E-state index contributed by atoms with van der Waals surface area (Å²) >= 11 is 0. The molecule has 122 valence electrons. The first kappa shape index (κ1) is 16.7. The van der Waals surface area contributed by atoms with Crippen LogP contribution >= 0.6 is 0 Å². The van der Waals surface area contributed by atoms with Crippen molar-refractivity contribution < 1.29 is 17.9 Å². The summed E-state index contributed by atoms with van der Waals surface area (Å²) in [4.78, 5) is 12.2. The number of hydrogen-bond acceptors (Lipinski definition) is 5. The summed E-state index contributed by atoms with van der Waals surface area (Å²) in [6, 6.07) is 4.30. The van der Waals surface area contributed by atoms with E-state index in [-0.39, 0.29) is 22.8 Å². The molecule has 0 spiro atoms. The second kappa shape index (κ2) is 6.23. The number of hydrogen-bond donors (Lipinski definition) is 3. The number of methoxy groups -OCH3 is 1. The van der Waals surface area contributed by atoms with E-state index in [0.717, 1.165) is 19.3 Å². The number of nitrogens with one attached hydrogen (secondary N) is 2. The Kier molecular flexibility index (Phi) is 4.74. The molecular weight excluding hydrogens is 306 g/mol. The Labute approximate surface area is 130 Å². The summed E-state index contributed by atoms with van der Waals surface area (Å²) in [6.45, 7) is 0. The van der Waals surface area contributed by atoms with Crippen molar-refractivity contribution in [2.75, 3.05) is 24.8 Å². The number of benzene rings is 1. The lowest BCUT2D eigenvalue weighted by Crippen LogP contribution is -2.42. The number of anilines is 2. The lowest BCUT2D eigenvalue weighted by Gasteiger charge is -2.39. The zero-order chi connectivity index (χ0) is 16.4. The Balaban J connectivity index is 2.18. The smallest absolute Gasteiger partial charge is 0.238 e. The molecule has 0 aliphatic heterocycles. The predicted molar refractivity (Wildman–Crippen MR) is 84.2 cm³/mol. The van der Waals surface area contributed by atoms with E-state index in [1.165, 1.54) is 12.1 Å². The fourth-order valence-electron chi connectivity index (χ4n) is 2.53. The van der Waals surface area contributed by atoms with E-state index < -0.39 is 10.0 Å². The maximum atomic E-state index is 12.2. The summed E-state index contributed by atoms with van der Waals surface area (Å²) < 4.78 is 28.3. The minimum absolute atomic E-state index is 0.0492. The summed E-state index contributed by atoms with van der Waals surface area (Å²) in [6.07, 6.45) is 3.00. The van der Waals surface area contributed by atoms with Gasteiger partial charge in [0.25, 0.3) is 0 Å². The Bertz CT molecular complexity index is 663. The highest BCUT2D eigenvalue weighted by Gasteiger charge is 2.39. The number of carbonyl (C=O) groups is 1. The molecule has 1 aliphatic carbocycles. The number of sulfonamides is 1. The van der Waals surface area contributed by atoms with Crippen LogP contribution in [0.2, 0.25) is 0 Å². The Hall–Kier alpha value is -1.64. The molecule has 1 aromatic carbocycles. The zero-order valence-corrected chi connectivity index (χ0v) is 13.5. The van der Waals surface area contributed by atoms with Crippen molar-refractivity contribution in [2.24, 2.45) is 5.14 Å². The highest BCUT2D eigenvalue weighted by molar-refractivity contribution is 7.89. The molecule has 22 heavy (non-hydrogen) atoms. The fourth-order valence-corrected chi connectivity index (χ4v) is 3.07. The van der Waals surface area contributed by atoms with E-state index >= 15 is 0 Å². The van der Waals surface area contributed by atoms with E-state index in [1.54, 1.807) is 20.2 Å². The number of carbonyl (C=O) groups excluding carboxylic acids is 1. The lowest BCUT2D eigenvalue weighted by molar-refractivity contribution is -0.129. The molecule has 1 aliphatic rings. The van der Waals surface area contributed by atoms with E-state index in [2.05, 4.69) is 10.6 Å². The molecule has 0 bridgehead atoms. The molecule has 7 nitrogen and oxygen atoms in total. The first-order valence-electron chi connectivity index (χ1n) is 6.99. The van der Waals surface area contributed by atoms with E-state index in [4.69, 9.17) is 9.88 Å². The Morgan fingerprint density at radius 1 is 1.36 bits per heavy atom. The molecule has 8 heteroatoms. The summed E-state index contributed by atoms with van der Waals surface area (Å²) in [5.74, 6) is -0.218. The van der Waals surface area contributed by atoms with Crippen molar-refractivity contribution in [3.63, 3.8) is 0 Å². The molecule has 1 aromatic rings. The molecule has 0 heterocycles. The molecule has 0 aromatic heterocycles. The van der Waals surface area contributed by atoms with Gasteiger partial charge in [-0.25, -0.2) is 13.6 Å². The molecule has 2 rings (SSSR count). The Morgan fingerprint density at radius 3 is 2.50 bits per heavy atom. The number of ether oxygens (including phenoxy) is 1. The van der Waals surface area contributed by atoms with Gasteiger partial charge >= 0.3 is 0 Å². The third-order valence-corrected chi connectivity index (χ3v) is 4.95. The number of rotatable bonds is 6. The van der Waals surface area contributed by atoms with E-state index in [9.17, 15) is 13.2 Å². The largest absolute Gasteiger partial charge is 0.386 e. The number of primary sulfonamides is 1. The highest BCUT2D eigenvalue weighted by atomic mass is 32.2. The molecule has 1 saturated carbocycles. The second-order valence-corrected chi connectivity index (χ2v) is 7.03. The van der Waals surface area contributed by atoms with Crippen LogP contribution in [0.3, 0.4) is 0 Å². The standard InChI is InChI=1S/C14H21N3O4S/c1-16-11-5-4-10(22(15,19)20)8-12(11)17-13(18)9-14(21-2)6-3-7-14/h4-5,8,16H,3,6-7,9H2,1-2H3,(H,17,18)(H2,15,19,20). The van der Waals surface area contributed by atoms with Gasteiger partial charge < -0.3 is 15.4 Å². The van der Waals surface area contributed by atoms with Crippen LogP contribution in [0.25, 0.3) is 0 Å². The maximum absolute atomic E-state index is 12.2. The predicted octanol–water partition coefficient (Wildman–Crippen LogP) is 1.27. The van der Waals surface area contributed by atoms with Gasteiger partial charge in [-0.2, -0.15) is 0 Å². The van der Waals surface area contributed by atoms with Crippen molar-refractivity contribution in [3.05, 3.63) is 18.2 Å². The van der Waals surface area contributed by atoms with Gasteiger partial charge in [0, 0.05) is 14.2 Å². The third kappa shape index (κ3) is 3.57. The lowest BCUT2D eigenvalue weighted by atomic mass is 9.77. The molecule has 0 saturated heterocycles. The van der Waals surface area contributed by atoms with Crippen LogP contribution in [0.15, 0.2) is 23.1 Å². The maximum Gasteiger partial charge on any atom is 0.238 e. The number of amides is 1. The molecule has 0 radical (unpaired) electrons. The molecule has 0 unspecified atom stereocenters. The average Bonchev–Trinajstić information content (AvgIpc) is 2.42. The van der Waals surface area contributed by atoms with Crippen molar-refractivity contribution in [1.29, 1.82) is 0 Å². The zero-order valence-electron chi connectivity index (χ0n) is 12.7. The van der Waals surface area contributed by atoms with Crippen LogP contribution in [0, 0.1) is 0 Å². The summed E-state index contributed by atoms with van der Waals surface area (Å²) in [5, 5.41) is 10.8. The van der Waals surface area contributed by atoms with Crippen LogP contribution in [0.4, 0.5) is 11.4 Å². The van der Waals surface area contributed by atoms with Gasteiger partial charge in [0.15, 0.2) is 0 Å². The Morgan fingerprint density at radius 2 is 2.05 bits per heavy atom. The van der Waals surface area contributed by atoms with Crippen molar-refractivity contribution in [1.82, 2.24) is 0 Å². The SMILES string of the molecule is CNc1ccc(S(N)(=O)=O)cc1NC(=O)CC1(OC)CCC1. The van der Waals surface area contributed by atoms with Gasteiger partial charge in [0.1, 0.15) is 0 Å². The van der Waals surface area contributed by atoms with Gasteiger partial charge in [-0.3, -0.25) is 4.79 Å². The van der Waals surface area contributed by atoms with Crippen LogP contribution in [-0.4, -0.2) is 34.1 Å². The molecule has 4 N–H and O–H groups in total. The first-order valence-corrected chi connectivity index (χ1v) is 8.54. The number of nitrogens with two attached hydrogens (primary N) is 1. The third-order valence-electron chi connectivity index (χ3n) is 4.04. The van der Waals surface area contributed by atoms with Gasteiger partial charge in [-0.15, -0.1) is 0 Å². The quantitative estimate of drug-likeness (QED) is 0.729. The summed E-state index contributed by atoms with van der Waals surface area (Å²) in [5.41, 5.74) is 0.604. The van der Waals surface area contributed by atoms with Gasteiger partial charge in [0.2, 0.25) is 15.9 Å². The van der Waals surface area contributed by atoms with Gasteiger partial charge in [-0.05, 0) is 37.5 Å². The van der Waals surface area contributed by atoms with Crippen LogP contribution < -0.4 is 15.8 Å². The molecular formula is C14H21N3O4S. The van der Waals surface area contributed by atoms with Gasteiger partial charge in [0.05, 0.1) is 28.3 Å². The second-order valence-electron chi connectivity index (χ2n) is 5.47. The van der Waals surface area contributed by atoms with Crippen molar-refractivity contribution in [3.8, 4) is 0 Å². The van der Waals surface area contributed by atoms with Crippen molar-refractivity contribution in [2.45, 2.75) is 36.2 Å².